The third kappa shape index (κ3) is 2.51. The van der Waals surface area contributed by atoms with Gasteiger partial charge in [0, 0.05) is 35.9 Å². The Kier molecular flexibility index (Phi) is 3.98. The number of piperidine rings is 1. The van der Waals surface area contributed by atoms with Gasteiger partial charge in [0.1, 0.15) is 17.4 Å². The maximum Gasteiger partial charge on any atom is 0.254 e. The molecule has 1 saturated heterocycles. The molecule has 4 heterocycles. The van der Waals surface area contributed by atoms with Crippen molar-refractivity contribution in [2.24, 2.45) is 5.92 Å². The van der Waals surface area contributed by atoms with Crippen molar-refractivity contribution in [2.45, 2.75) is 54.9 Å². The van der Waals surface area contributed by atoms with Gasteiger partial charge in [0.25, 0.3) is 5.91 Å². The summed E-state index contributed by atoms with van der Waals surface area (Å²) in [5.41, 5.74) is 1.37. The number of likely N-dealkylation sites (tertiary alicyclic amines) is 1. The molecule has 3 aromatic rings. The Morgan fingerprint density at radius 1 is 1.31 bits per heavy atom. The molecule has 1 saturated carbocycles. The van der Waals surface area contributed by atoms with Crippen LogP contribution < -0.4 is 10.1 Å². The van der Waals surface area contributed by atoms with Crippen LogP contribution in [-0.2, 0) is 11.8 Å². The summed E-state index contributed by atoms with van der Waals surface area (Å²) >= 11 is 0. The summed E-state index contributed by atoms with van der Waals surface area (Å²) < 4.78 is 6.51. The third-order valence-electron chi connectivity index (χ3n) is 9.34. The number of phenols is 1. The van der Waals surface area contributed by atoms with Crippen LogP contribution in [0.25, 0.3) is 11.0 Å². The summed E-state index contributed by atoms with van der Waals surface area (Å²) in [6.45, 7) is 1.87. The Bertz CT molecular complexity index is 1460. The van der Waals surface area contributed by atoms with Crippen molar-refractivity contribution in [3.63, 3.8) is 0 Å². The second kappa shape index (κ2) is 6.89. The van der Waals surface area contributed by atoms with Crippen molar-refractivity contribution >= 4 is 16.9 Å². The Morgan fingerprint density at radius 2 is 2.19 bits per heavy atom. The molecule has 2 fully saturated rings. The number of rotatable bonds is 4. The van der Waals surface area contributed by atoms with Gasteiger partial charge in [-0.05, 0) is 61.9 Å². The number of hydrogen-bond acceptors (Lipinski definition) is 6. The van der Waals surface area contributed by atoms with Crippen molar-refractivity contribution in [3.05, 3.63) is 65.5 Å². The SMILES string of the molecule is O=C(N[C@@H]1C=C[C@@]2(O)[C@H]3Cc4ccc(O)c5c4[C@@]2(CCN3CC2CC2)[C@H]1O5)c1c[nH]c2ncccc12. The molecule has 2 bridgehead atoms. The van der Waals surface area contributed by atoms with Gasteiger partial charge in [-0.1, -0.05) is 18.2 Å². The number of aromatic nitrogens is 2. The van der Waals surface area contributed by atoms with E-state index in [4.69, 9.17) is 4.74 Å². The normalized spacial score (nSPS) is 33.9. The number of hydrogen-bond donors (Lipinski definition) is 4. The summed E-state index contributed by atoms with van der Waals surface area (Å²) in [5.74, 6) is 1.05. The van der Waals surface area contributed by atoms with Gasteiger partial charge < -0.3 is 25.3 Å². The molecule has 5 aliphatic rings. The molecule has 0 unspecified atom stereocenters. The Balaban J connectivity index is 1.22. The molecule has 3 aliphatic carbocycles. The molecular formula is C28H28N4O4. The summed E-state index contributed by atoms with van der Waals surface area (Å²) in [6.07, 6.45) is 10.6. The quantitative estimate of drug-likeness (QED) is 0.424. The van der Waals surface area contributed by atoms with E-state index < -0.39 is 23.2 Å². The Hall–Kier alpha value is -3.36. The first kappa shape index (κ1) is 20.8. The second-order valence-electron chi connectivity index (χ2n) is 11.2. The molecule has 4 N–H and O–H groups in total. The highest BCUT2D eigenvalue weighted by Gasteiger charge is 2.72. The van der Waals surface area contributed by atoms with Gasteiger partial charge in [-0.3, -0.25) is 9.69 Å². The topological polar surface area (TPSA) is 111 Å². The predicted octanol–water partition coefficient (Wildman–Crippen LogP) is 2.41. The number of aromatic amines is 1. The average Bonchev–Trinajstić information content (AvgIpc) is 3.46. The van der Waals surface area contributed by atoms with Crippen LogP contribution in [0.4, 0.5) is 0 Å². The zero-order valence-electron chi connectivity index (χ0n) is 19.8. The van der Waals surface area contributed by atoms with Crippen molar-refractivity contribution in [3.8, 4) is 11.5 Å². The van der Waals surface area contributed by atoms with Crippen LogP contribution in [0.2, 0.25) is 0 Å². The first-order valence-corrected chi connectivity index (χ1v) is 12.9. The van der Waals surface area contributed by atoms with Crippen molar-refractivity contribution in [1.29, 1.82) is 0 Å². The lowest BCUT2D eigenvalue weighted by Crippen LogP contribution is -2.76. The standard InChI is InChI=1S/C28H28N4O4/c33-20-6-5-16-12-21-28(35)8-7-19(31-26(34)18-13-30-25-17(18)2-1-10-29-25)24-27(28,22(16)23(20)36-24)9-11-32(21)14-15-3-4-15/h1-2,5-8,10,13,15,19,21,24,33,35H,3-4,9,11-12,14H2,(H,29,30)(H,31,34)/t19-,21-,24+,27+,28-/m1/s1. The van der Waals surface area contributed by atoms with Crippen LogP contribution in [0, 0.1) is 5.92 Å². The van der Waals surface area contributed by atoms with Gasteiger partial charge in [0.15, 0.2) is 11.5 Å². The molecule has 36 heavy (non-hydrogen) atoms. The fraction of sp³-hybridized carbons (Fsp3) is 0.429. The van der Waals surface area contributed by atoms with Gasteiger partial charge in [0.05, 0.1) is 17.0 Å². The first-order chi connectivity index (χ1) is 17.5. The highest BCUT2D eigenvalue weighted by molar-refractivity contribution is 6.06. The highest BCUT2D eigenvalue weighted by Crippen LogP contribution is 2.64. The van der Waals surface area contributed by atoms with E-state index in [1.54, 1.807) is 18.5 Å². The lowest BCUT2D eigenvalue weighted by Gasteiger charge is -2.62. The van der Waals surface area contributed by atoms with Crippen LogP contribution in [0.5, 0.6) is 11.5 Å². The highest BCUT2D eigenvalue weighted by atomic mass is 16.5. The van der Waals surface area contributed by atoms with E-state index in [1.165, 1.54) is 12.8 Å². The number of aromatic hydroxyl groups is 1. The van der Waals surface area contributed by atoms with E-state index in [-0.39, 0.29) is 17.7 Å². The van der Waals surface area contributed by atoms with Crippen molar-refractivity contribution in [1.82, 2.24) is 20.2 Å². The molecule has 8 nitrogen and oxygen atoms in total. The minimum atomic E-state index is -1.14. The average molecular weight is 485 g/mol. The van der Waals surface area contributed by atoms with Crippen LogP contribution in [0.1, 0.15) is 40.7 Å². The molecule has 8 rings (SSSR count). The van der Waals surface area contributed by atoms with Crippen LogP contribution in [0.15, 0.2) is 48.8 Å². The largest absolute Gasteiger partial charge is 0.504 e. The number of aliphatic hydroxyl groups is 1. The monoisotopic (exact) mass is 484 g/mol. The number of ether oxygens (including phenoxy) is 1. The third-order valence-corrected chi connectivity index (χ3v) is 9.34. The van der Waals surface area contributed by atoms with Crippen LogP contribution in [-0.4, -0.2) is 67.9 Å². The molecule has 2 aliphatic heterocycles. The molecular weight excluding hydrogens is 456 g/mol. The first-order valence-electron chi connectivity index (χ1n) is 12.9. The minimum Gasteiger partial charge on any atom is -0.504 e. The number of nitrogens with zero attached hydrogens (tertiary/aromatic N) is 2. The van der Waals surface area contributed by atoms with Gasteiger partial charge in [-0.2, -0.15) is 0 Å². The van der Waals surface area contributed by atoms with Crippen LogP contribution in [0.3, 0.4) is 0 Å². The summed E-state index contributed by atoms with van der Waals surface area (Å²) in [5, 5.41) is 27.2. The number of pyridine rings is 1. The number of benzene rings is 1. The second-order valence-corrected chi connectivity index (χ2v) is 11.2. The van der Waals surface area contributed by atoms with Gasteiger partial charge in [-0.15, -0.1) is 0 Å². The van der Waals surface area contributed by atoms with Gasteiger partial charge >= 0.3 is 0 Å². The maximum absolute atomic E-state index is 13.4. The van der Waals surface area contributed by atoms with E-state index in [9.17, 15) is 15.0 Å². The predicted molar refractivity (Wildman–Crippen MR) is 132 cm³/mol. The van der Waals surface area contributed by atoms with Crippen molar-refractivity contribution in [2.75, 3.05) is 13.1 Å². The lowest BCUT2D eigenvalue weighted by molar-refractivity contribution is -0.144. The number of nitrogens with one attached hydrogen (secondary N) is 2. The molecule has 1 amide bonds. The summed E-state index contributed by atoms with van der Waals surface area (Å²) in [6, 6.07) is 6.84. The number of carbonyl (C=O) groups is 1. The van der Waals surface area contributed by atoms with E-state index >= 15 is 0 Å². The van der Waals surface area contributed by atoms with E-state index in [2.05, 4.69) is 20.2 Å². The van der Waals surface area contributed by atoms with E-state index in [0.29, 0.717) is 29.8 Å². The molecule has 5 atom stereocenters. The van der Waals surface area contributed by atoms with Gasteiger partial charge in [-0.25, -0.2) is 4.98 Å². The van der Waals surface area contributed by atoms with Crippen molar-refractivity contribution < 1.29 is 19.7 Å². The Morgan fingerprint density at radius 3 is 3.06 bits per heavy atom. The molecule has 8 heteroatoms. The fourth-order valence-corrected chi connectivity index (χ4v) is 7.54. The van der Waals surface area contributed by atoms with Gasteiger partial charge in [0.2, 0.25) is 0 Å². The van der Waals surface area contributed by atoms with Crippen LogP contribution >= 0.6 is 0 Å². The van der Waals surface area contributed by atoms with E-state index in [1.807, 2.05) is 30.4 Å². The lowest BCUT2D eigenvalue weighted by atomic mass is 9.50. The molecule has 1 spiro atoms. The molecule has 0 radical (unpaired) electrons. The Labute approximate surface area is 208 Å². The minimum absolute atomic E-state index is 0.0615. The summed E-state index contributed by atoms with van der Waals surface area (Å²) in [7, 11) is 0. The number of H-pyrrole nitrogens is 1. The fourth-order valence-electron chi connectivity index (χ4n) is 7.54. The number of amides is 1. The van der Waals surface area contributed by atoms with E-state index in [0.717, 1.165) is 35.5 Å². The molecule has 2 aromatic heterocycles. The smallest absolute Gasteiger partial charge is 0.254 e. The zero-order chi connectivity index (χ0) is 24.2. The number of fused-ring (bicyclic) bond motifs is 1. The maximum atomic E-state index is 13.4. The molecule has 184 valence electrons. The zero-order valence-corrected chi connectivity index (χ0v) is 19.8. The number of carbonyl (C=O) groups excluding carboxylic acids is 1. The summed E-state index contributed by atoms with van der Waals surface area (Å²) in [4.78, 5) is 23.3. The number of phenolic OH excluding ortho intramolecular Hbond substituents is 1. The molecule has 1 aromatic carbocycles.